The fraction of sp³-hybridized carbons (Fsp3) is 0. The monoisotopic (exact) mass is 386 g/mol. The molecule has 0 aliphatic heterocycles. The Bertz CT molecular complexity index is 1060. The number of anilines is 2. The maximum atomic E-state index is 12.7. The highest BCUT2D eigenvalue weighted by molar-refractivity contribution is 7.85. The van der Waals surface area contributed by atoms with Gasteiger partial charge in [-0.3, -0.25) is 14.1 Å². The van der Waals surface area contributed by atoms with Gasteiger partial charge in [0.05, 0.1) is 37.4 Å². The molecule has 1 aliphatic carbocycles. The van der Waals surface area contributed by atoms with Crippen LogP contribution in [0.5, 0.6) is 0 Å². The summed E-state index contributed by atoms with van der Waals surface area (Å²) in [4.78, 5) is 24.8. The van der Waals surface area contributed by atoms with Crippen molar-refractivity contribution in [3.63, 3.8) is 0 Å². The maximum absolute atomic E-state index is 12.7. The summed E-state index contributed by atoms with van der Waals surface area (Å²) in [6.45, 7) is 0. The highest BCUT2D eigenvalue weighted by Crippen LogP contribution is 2.43. The molecule has 0 saturated heterocycles. The predicted octanol–water partition coefficient (Wildman–Crippen LogP) is 2.18. The Morgan fingerprint density at radius 3 is 1.79 bits per heavy atom. The highest BCUT2D eigenvalue weighted by atomic mass is 35.5. The van der Waals surface area contributed by atoms with E-state index in [4.69, 9.17) is 39.2 Å². The fourth-order valence-electron chi connectivity index (χ4n) is 2.54. The van der Waals surface area contributed by atoms with Crippen molar-refractivity contribution in [1.29, 1.82) is 0 Å². The summed E-state index contributed by atoms with van der Waals surface area (Å²) in [5.74, 6) is -1.39. The van der Waals surface area contributed by atoms with Gasteiger partial charge < -0.3 is 11.5 Å². The van der Waals surface area contributed by atoms with E-state index >= 15 is 0 Å². The minimum absolute atomic E-state index is 0.0793. The molecular weight excluding hydrogens is 379 g/mol. The summed E-state index contributed by atoms with van der Waals surface area (Å²) in [6.07, 6.45) is 0. The van der Waals surface area contributed by atoms with Crippen LogP contribution in [-0.4, -0.2) is 24.5 Å². The topological polar surface area (TPSA) is 141 Å². The average Bonchev–Trinajstić information content (AvgIpc) is 2.52. The molecule has 0 saturated carbocycles. The quantitative estimate of drug-likeness (QED) is 0.429. The molecule has 0 heterocycles. The van der Waals surface area contributed by atoms with Crippen molar-refractivity contribution in [2.75, 3.05) is 11.5 Å². The number of nitrogen functional groups attached to an aromatic ring is 2. The molecule has 0 fully saturated rings. The van der Waals surface area contributed by atoms with Gasteiger partial charge >= 0.3 is 0 Å². The molecule has 124 valence electrons. The van der Waals surface area contributed by atoms with E-state index in [0.29, 0.717) is 0 Å². The lowest BCUT2D eigenvalue weighted by Gasteiger charge is -2.22. The van der Waals surface area contributed by atoms with E-state index in [-0.39, 0.29) is 43.7 Å². The summed E-state index contributed by atoms with van der Waals surface area (Å²) in [7, 11) is -4.55. The van der Waals surface area contributed by atoms with Crippen molar-refractivity contribution in [3.8, 4) is 0 Å². The molecule has 7 nitrogen and oxygen atoms in total. The van der Waals surface area contributed by atoms with Crippen molar-refractivity contribution in [3.05, 3.63) is 50.5 Å². The molecule has 5 N–H and O–H groups in total. The molecule has 0 spiro atoms. The van der Waals surface area contributed by atoms with Crippen LogP contribution in [0.25, 0.3) is 0 Å². The van der Waals surface area contributed by atoms with Gasteiger partial charge in [0.25, 0.3) is 10.1 Å². The van der Waals surface area contributed by atoms with Crippen LogP contribution in [0.1, 0.15) is 31.8 Å². The highest BCUT2D eigenvalue weighted by Gasteiger charge is 2.36. The fourth-order valence-corrected chi connectivity index (χ4v) is 3.44. The van der Waals surface area contributed by atoms with Crippen molar-refractivity contribution in [2.45, 2.75) is 4.90 Å². The van der Waals surface area contributed by atoms with Crippen LogP contribution in [0, 0.1) is 0 Å². The molecule has 10 heteroatoms. The van der Waals surface area contributed by atoms with E-state index in [1.807, 2.05) is 0 Å². The van der Waals surface area contributed by atoms with E-state index in [9.17, 15) is 18.0 Å². The Labute approximate surface area is 145 Å². The van der Waals surface area contributed by atoms with Crippen LogP contribution in [0.3, 0.4) is 0 Å². The van der Waals surface area contributed by atoms with Crippen LogP contribution in [-0.2, 0) is 10.1 Å². The second-order valence-corrected chi connectivity index (χ2v) is 7.22. The molecule has 0 amide bonds. The summed E-state index contributed by atoms with van der Waals surface area (Å²) in [5, 5.41) is -0.324. The molecular formula is C14H8Cl2N2O5S. The number of hydrogen-bond acceptors (Lipinski definition) is 6. The van der Waals surface area contributed by atoms with Crippen molar-refractivity contribution >= 4 is 56.3 Å². The smallest absolute Gasteiger partial charge is 0.294 e. The largest absolute Gasteiger partial charge is 0.397 e. The summed E-state index contributed by atoms with van der Waals surface area (Å²) in [5.41, 5.74) is 10.4. The van der Waals surface area contributed by atoms with Gasteiger partial charge in [-0.15, -0.1) is 0 Å². The van der Waals surface area contributed by atoms with Gasteiger partial charge in [0.15, 0.2) is 11.6 Å². The lowest BCUT2D eigenvalue weighted by Crippen LogP contribution is -2.24. The summed E-state index contributed by atoms with van der Waals surface area (Å²) in [6, 6.07) is 3.01. The van der Waals surface area contributed by atoms with Gasteiger partial charge in [-0.1, -0.05) is 23.2 Å². The third kappa shape index (κ3) is 2.19. The van der Waals surface area contributed by atoms with Gasteiger partial charge in [-0.2, -0.15) is 8.42 Å². The third-order valence-electron chi connectivity index (χ3n) is 3.69. The minimum Gasteiger partial charge on any atom is -0.397 e. The molecule has 2 aromatic carbocycles. The van der Waals surface area contributed by atoms with Gasteiger partial charge in [-0.05, 0) is 18.2 Å². The molecule has 0 atom stereocenters. The second-order valence-electron chi connectivity index (χ2n) is 5.05. The number of fused-ring (bicyclic) bond motifs is 2. The number of halogens is 2. The Kier molecular flexibility index (Phi) is 3.61. The molecule has 0 unspecified atom stereocenters. The predicted molar refractivity (Wildman–Crippen MR) is 88.4 cm³/mol. The van der Waals surface area contributed by atoms with Crippen molar-refractivity contribution < 1.29 is 22.6 Å². The first-order chi connectivity index (χ1) is 11.1. The third-order valence-corrected chi connectivity index (χ3v) is 5.42. The van der Waals surface area contributed by atoms with Crippen LogP contribution < -0.4 is 11.5 Å². The Balaban J connectivity index is 2.39. The van der Waals surface area contributed by atoms with Gasteiger partial charge in [-0.25, -0.2) is 0 Å². The number of carbonyl (C=O) groups excluding carboxylic acids is 2. The number of rotatable bonds is 1. The van der Waals surface area contributed by atoms with E-state index in [1.165, 1.54) is 0 Å². The Morgan fingerprint density at radius 1 is 0.875 bits per heavy atom. The van der Waals surface area contributed by atoms with E-state index in [2.05, 4.69) is 0 Å². The molecule has 2 aromatic rings. The van der Waals surface area contributed by atoms with Crippen LogP contribution >= 0.6 is 23.2 Å². The zero-order chi connectivity index (χ0) is 18.0. The lowest BCUT2D eigenvalue weighted by molar-refractivity contribution is 0.0980. The van der Waals surface area contributed by atoms with Crippen molar-refractivity contribution in [2.24, 2.45) is 0 Å². The number of ketones is 2. The van der Waals surface area contributed by atoms with E-state index in [1.54, 1.807) is 0 Å². The number of nitrogens with two attached hydrogens (primary N) is 2. The number of carbonyl (C=O) groups is 2. The number of hydrogen-bond donors (Lipinski definition) is 3. The normalized spacial score (nSPS) is 13.6. The van der Waals surface area contributed by atoms with Crippen LogP contribution in [0.2, 0.25) is 10.0 Å². The zero-order valence-electron chi connectivity index (χ0n) is 11.6. The standard InChI is InChI=1S/C14H8Cl2N2O5S/c15-9-10(16)12(18)8-7(11(9)17)13(19)5-2-1-4(24(21,22)23)3-6(5)14(8)20/h1-3H,17-18H2,(H,21,22,23). The Hall–Kier alpha value is -2.13. The lowest BCUT2D eigenvalue weighted by atomic mass is 9.82. The first-order valence-corrected chi connectivity index (χ1v) is 8.52. The Morgan fingerprint density at radius 2 is 1.33 bits per heavy atom. The van der Waals surface area contributed by atoms with Gasteiger partial charge in [0.1, 0.15) is 0 Å². The molecule has 0 bridgehead atoms. The summed E-state index contributed by atoms with van der Waals surface area (Å²) < 4.78 is 31.6. The SMILES string of the molecule is Nc1c(Cl)c(Cl)c(N)c2c1C(=O)c1ccc(S(=O)(=O)O)cc1C2=O. The molecule has 0 radical (unpaired) electrons. The number of benzene rings is 2. The van der Waals surface area contributed by atoms with Gasteiger partial charge in [0, 0.05) is 11.1 Å². The van der Waals surface area contributed by atoms with E-state index in [0.717, 1.165) is 18.2 Å². The molecule has 0 aromatic heterocycles. The van der Waals surface area contributed by atoms with Crippen LogP contribution in [0.15, 0.2) is 23.1 Å². The first kappa shape index (κ1) is 16.7. The van der Waals surface area contributed by atoms with E-state index < -0.39 is 26.6 Å². The van der Waals surface area contributed by atoms with Gasteiger partial charge in [0.2, 0.25) is 0 Å². The minimum atomic E-state index is -4.55. The molecule has 1 aliphatic rings. The average molecular weight is 387 g/mol. The first-order valence-electron chi connectivity index (χ1n) is 6.32. The maximum Gasteiger partial charge on any atom is 0.294 e. The zero-order valence-corrected chi connectivity index (χ0v) is 14.0. The molecule has 24 heavy (non-hydrogen) atoms. The van der Waals surface area contributed by atoms with Crippen molar-refractivity contribution in [1.82, 2.24) is 0 Å². The second kappa shape index (κ2) is 5.18. The summed E-state index contributed by atoms with van der Waals surface area (Å²) >= 11 is 11.9. The molecule has 3 rings (SSSR count). The van der Waals surface area contributed by atoms with Crippen LogP contribution in [0.4, 0.5) is 11.4 Å².